The van der Waals surface area contributed by atoms with Crippen LogP contribution < -0.4 is 5.32 Å². The fraction of sp³-hybridized carbons (Fsp3) is 0.583. The maximum atomic E-state index is 4.29. The van der Waals surface area contributed by atoms with Crippen LogP contribution >= 0.6 is 0 Å². The third kappa shape index (κ3) is 2.54. The summed E-state index contributed by atoms with van der Waals surface area (Å²) in [7, 11) is 1.89. The quantitative estimate of drug-likeness (QED) is 0.879. The van der Waals surface area contributed by atoms with E-state index in [0.717, 1.165) is 23.3 Å². The topological polar surface area (TPSA) is 55.6 Å². The molecule has 1 atom stereocenters. The lowest BCUT2D eigenvalue weighted by Gasteiger charge is -2.16. The van der Waals surface area contributed by atoms with Gasteiger partial charge in [-0.15, -0.1) is 0 Å². The number of hydrogen-bond acceptors (Lipinski definition) is 4. The Bertz CT molecular complexity index is 503. The van der Waals surface area contributed by atoms with Crippen LogP contribution in [0.2, 0.25) is 0 Å². The van der Waals surface area contributed by atoms with Crippen molar-refractivity contribution in [2.24, 2.45) is 13.0 Å². The predicted molar refractivity (Wildman–Crippen MR) is 68.8 cm³/mol. The molecular formula is C12H19N5. The van der Waals surface area contributed by atoms with Gasteiger partial charge in [0.15, 0.2) is 5.65 Å². The predicted octanol–water partition coefficient (Wildman–Crippen LogP) is 2.21. The highest BCUT2D eigenvalue weighted by molar-refractivity contribution is 5.86. The maximum absolute atomic E-state index is 4.29. The monoisotopic (exact) mass is 233 g/mol. The third-order valence-corrected chi connectivity index (χ3v) is 2.74. The lowest BCUT2D eigenvalue weighted by Crippen LogP contribution is -2.18. The summed E-state index contributed by atoms with van der Waals surface area (Å²) in [5.74, 6) is 1.54. The first-order chi connectivity index (χ1) is 8.08. The maximum Gasteiger partial charge on any atom is 0.163 e. The highest BCUT2D eigenvalue weighted by Crippen LogP contribution is 2.19. The minimum atomic E-state index is 0.397. The Hall–Kier alpha value is -1.65. The summed E-state index contributed by atoms with van der Waals surface area (Å²) in [5, 5.41) is 8.60. The molecule has 92 valence electrons. The Morgan fingerprint density at radius 1 is 1.29 bits per heavy atom. The second-order valence-corrected chi connectivity index (χ2v) is 4.90. The molecule has 17 heavy (non-hydrogen) atoms. The van der Waals surface area contributed by atoms with Crippen LogP contribution in [0.5, 0.6) is 0 Å². The van der Waals surface area contributed by atoms with E-state index in [1.54, 1.807) is 17.2 Å². The summed E-state index contributed by atoms with van der Waals surface area (Å²) in [4.78, 5) is 8.51. The lowest BCUT2D eigenvalue weighted by molar-refractivity contribution is 0.539. The number of hydrogen-bond donors (Lipinski definition) is 1. The van der Waals surface area contributed by atoms with Crippen molar-refractivity contribution in [2.45, 2.75) is 33.2 Å². The Balaban J connectivity index is 2.24. The molecule has 2 rings (SSSR count). The fourth-order valence-corrected chi connectivity index (χ4v) is 2.08. The molecule has 0 aromatic carbocycles. The average Bonchev–Trinajstić information content (AvgIpc) is 2.61. The van der Waals surface area contributed by atoms with E-state index in [1.165, 1.54) is 0 Å². The number of anilines is 1. The fourth-order valence-electron chi connectivity index (χ4n) is 2.08. The first-order valence-electron chi connectivity index (χ1n) is 5.97. The van der Waals surface area contributed by atoms with Gasteiger partial charge in [-0.3, -0.25) is 4.68 Å². The first-order valence-corrected chi connectivity index (χ1v) is 5.97. The summed E-state index contributed by atoms with van der Waals surface area (Å²) < 4.78 is 1.76. The molecule has 5 heteroatoms. The molecule has 1 N–H and O–H groups in total. The second kappa shape index (κ2) is 4.69. The standard InChI is InChI=1S/C12H19N5/c1-8(2)5-9(3)16-11-10-6-15-17(4)12(10)14-7-13-11/h6-9H,5H2,1-4H3,(H,13,14,16). The number of fused-ring (bicyclic) bond motifs is 1. The average molecular weight is 233 g/mol. The summed E-state index contributed by atoms with van der Waals surface area (Å²) in [6.07, 6.45) is 4.50. The van der Waals surface area contributed by atoms with Crippen LogP contribution in [-0.2, 0) is 7.05 Å². The van der Waals surface area contributed by atoms with E-state index in [4.69, 9.17) is 0 Å². The van der Waals surface area contributed by atoms with Gasteiger partial charge in [0, 0.05) is 13.1 Å². The smallest absolute Gasteiger partial charge is 0.163 e. The zero-order chi connectivity index (χ0) is 12.4. The van der Waals surface area contributed by atoms with E-state index in [-0.39, 0.29) is 0 Å². The molecule has 2 aromatic rings. The van der Waals surface area contributed by atoms with Gasteiger partial charge in [0.2, 0.25) is 0 Å². The van der Waals surface area contributed by atoms with Gasteiger partial charge in [0.05, 0.1) is 11.6 Å². The van der Waals surface area contributed by atoms with Crippen molar-refractivity contribution in [1.29, 1.82) is 0 Å². The minimum Gasteiger partial charge on any atom is -0.367 e. The molecule has 0 aliphatic carbocycles. The molecule has 0 radical (unpaired) electrons. The molecule has 0 amide bonds. The van der Waals surface area contributed by atoms with Gasteiger partial charge in [-0.1, -0.05) is 13.8 Å². The normalized spacial score (nSPS) is 13.2. The molecule has 0 saturated carbocycles. The molecular weight excluding hydrogens is 214 g/mol. The summed E-state index contributed by atoms with van der Waals surface area (Å²) in [6.45, 7) is 6.61. The van der Waals surface area contributed by atoms with E-state index in [2.05, 4.69) is 41.2 Å². The van der Waals surface area contributed by atoms with Gasteiger partial charge in [0.1, 0.15) is 12.1 Å². The van der Waals surface area contributed by atoms with Crippen LogP contribution in [0.15, 0.2) is 12.5 Å². The lowest BCUT2D eigenvalue weighted by atomic mass is 10.1. The molecule has 1 unspecified atom stereocenters. The Labute approximate surface area is 101 Å². The van der Waals surface area contributed by atoms with E-state index >= 15 is 0 Å². The van der Waals surface area contributed by atoms with E-state index in [9.17, 15) is 0 Å². The number of nitrogens with zero attached hydrogens (tertiary/aromatic N) is 4. The van der Waals surface area contributed by atoms with Crippen molar-refractivity contribution in [1.82, 2.24) is 19.7 Å². The molecule has 5 nitrogen and oxygen atoms in total. The van der Waals surface area contributed by atoms with Crippen LogP contribution in [0.1, 0.15) is 27.2 Å². The highest BCUT2D eigenvalue weighted by atomic mass is 15.3. The SMILES string of the molecule is CC(C)CC(C)Nc1ncnc2c1cnn2C. The third-order valence-electron chi connectivity index (χ3n) is 2.74. The van der Waals surface area contributed by atoms with Crippen molar-refractivity contribution < 1.29 is 0 Å². The van der Waals surface area contributed by atoms with Crippen molar-refractivity contribution in [3.63, 3.8) is 0 Å². The van der Waals surface area contributed by atoms with Crippen molar-refractivity contribution in [3.8, 4) is 0 Å². The van der Waals surface area contributed by atoms with Crippen molar-refractivity contribution in [2.75, 3.05) is 5.32 Å². The molecule has 0 aliphatic rings. The van der Waals surface area contributed by atoms with Gasteiger partial charge < -0.3 is 5.32 Å². The molecule has 2 heterocycles. The summed E-state index contributed by atoms with van der Waals surface area (Å²) in [5.41, 5.74) is 0.860. The number of aryl methyl sites for hydroxylation is 1. The van der Waals surface area contributed by atoms with E-state index in [0.29, 0.717) is 12.0 Å². The van der Waals surface area contributed by atoms with E-state index < -0.39 is 0 Å². The molecule has 0 aliphatic heterocycles. The first kappa shape index (κ1) is 11.8. The van der Waals surface area contributed by atoms with Crippen LogP contribution in [0, 0.1) is 5.92 Å². The Morgan fingerprint density at radius 3 is 2.76 bits per heavy atom. The Kier molecular flexibility index (Phi) is 3.26. The van der Waals surface area contributed by atoms with Crippen LogP contribution in [-0.4, -0.2) is 25.8 Å². The zero-order valence-electron chi connectivity index (χ0n) is 10.8. The minimum absolute atomic E-state index is 0.397. The molecule has 2 aromatic heterocycles. The molecule has 0 spiro atoms. The highest BCUT2D eigenvalue weighted by Gasteiger charge is 2.10. The van der Waals surface area contributed by atoms with E-state index in [1.807, 2.05) is 7.05 Å². The van der Waals surface area contributed by atoms with Gasteiger partial charge in [-0.2, -0.15) is 5.10 Å². The van der Waals surface area contributed by atoms with Crippen LogP contribution in [0.3, 0.4) is 0 Å². The molecule has 0 fully saturated rings. The number of nitrogens with one attached hydrogen (secondary N) is 1. The van der Waals surface area contributed by atoms with Crippen LogP contribution in [0.4, 0.5) is 5.82 Å². The largest absolute Gasteiger partial charge is 0.367 e. The van der Waals surface area contributed by atoms with Gasteiger partial charge in [-0.25, -0.2) is 9.97 Å². The summed E-state index contributed by atoms with van der Waals surface area (Å²) in [6, 6.07) is 0.397. The molecule has 0 bridgehead atoms. The zero-order valence-corrected chi connectivity index (χ0v) is 10.8. The van der Waals surface area contributed by atoms with Gasteiger partial charge in [-0.05, 0) is 19.3 Å². The Morgan fingerprint density at radius 2 is 2.06 bits per heavy atom. The van der Waals surface area contributed by atoms with Gasteiger partial charge >= 0.3 is 0 Å². The second-order valence-electron chi connectivity index (χ2n) is 4.90. The number of aromatic nitrogens is 4. The van der Waals surface area contributed by atoms with Crippen molar-refractivity contribution in [3.05, 3.63) is 12.5 Å². The van der Waals surface area contributed by atoms with Crippen molar-refractivity contribution >= 4 is 16.9 Å². The number of rotatable bonds is 4. The summed E-state index contributed by atoms with van der Waals surface area (Å²) >= 11 is 0. The van der Waals surface area contributed by atoms with Crippen LogP contribution in [0.25, 0.3) is 11.0 Å². The molecule has 0 saturated heterocycles. The van der Waals surface area contributed by atoms with Gasteiger partial charge in [0.25, 0.3) is 0 Å².